The SMILES string of the molecule is CCc1cccc(C(=O)c2cc(C)cc(F)c2)c1. The minimum absolute atomic E-state index is 0.132. The fraction of sp³-hybridized carbons (Fsp3) is 0.188. The molecule has 0 N–H and O–H groups in total. The highest BCUT2D eigenvalue weighted by atomic mass is 19.1. The summed E-state index contributed by atoms with van der Waals surface area (Å²) in [5, 5.41) is 0. The van der Waals surface area contributed by atoms with Gasteiger partial charge in [0.05, 0.1) is 0 Å². The number of benzene rings is 2. The molecule has 0 aliphatic heterocycles. The molecule has 0 saturated carbocycles. The van der Waals surface area contributed by atoms with Gasteiger partial charge in [-0.05, 0) is 48.7 Å². The summed E-state index contributed by atoms with van der Waals surface area (Å²) < 4.78 is 13.3. The van der Waals surface area contributed by atoms with Crippen LogP contribution in [0.3, 0.4) is 0 Å². The molecule has 0 unspecified atom stereocenters. The summed E-state index contributed by atoms with van der Waals surface area (Å²) in [7, 11) is 0. The average molecular weight is 242 g/mol. The number of ketones is 1. The number of hydrogen-bond donors (Lipinski definition) is 0. The van der Waals surface area contributed by atoms with Crippen molar-refractivity contribution in [2.45, 2.75) is 20.3 Å². The van der Waals surface area contributed by atoms with Crippen molar-refractivity contribution in [3.63, 3.8) is 0 Å². The molecule has 2 aromatic carbocycles. The quantitative estimate of drug-likeness (QED) is 0.745. The van der Waals surface area contributed by atoms with Crippen molar-refractivity contribution in [3.8, 4) is 0 Å². The maximum absolute atomic E-state index is 13.3. The van der Waals surface area contributed by atoms with Crippen molar-refractivity contribution in [1.29, 1.82) is 0 Å². The van der Waals surface area contributed by atoms with Crippen LogP contribution in [0.5, 0.6) is 0 Å². The first-order valence-electron chi connectivity index (χ1n) is 6.01. The lowest BCUT2D eigenvalue weighted by Crippen LogP contribution is -2.03. The molecule has 0 fully saturated rings. The lowest BCUT2D eigenvalue weighted by molar-refractivity contribution is 0.103. The van der Waals surface area contributed by atoms with E-state index in [4.69, 9.17) is 0 Å². The van der Waals surface area contributed by atoms with Gasteiger partial charge in [0.2, 0.25) is 0 Å². The van der Waals surface area contributed by atoms with Crippen LogP contribution in [0.2, 0.25) is 0 Å². The summed E-state index contributed by atoms with van der Waals surface area (Å²) >= 11 is 0. The largest absolute Gasteiger partial charge is 0.289 e. The number of rotatable bonds is 3. The van der Waals surface area contributed by atoms with E-state index in [-0.39, 0.29) is 11.6 Å². The van der Waals surface area contributed by atoms with Crippen LogP contribution in [0.1, 0.15) is 34.0 Å². The molecule has 0 heterocycles. The average Bonchev–Trinajstić information content (AvgIpc) is 2.37. The number of carbonyl (C=O) groups is 1. The minimum atomic E-state index is -0.370. The summed E-state index contributed by atoms with van der Waals surface area (Å²) in [6, 6.07) is 11.9. The molecule has 0 atom stereocenters. The van der Waals surface area contributed by atoms with Crippen LogP contribution in [-0.2, 0) is 6.42 Å². The van der Waals surface area contributed by atoms with Crippen LogP contribution in [0, 0.1) is 12.7 Å². The van der Waals surface area contributed by atoms with Crippen LogP contribution >= 0.6 is 0 Å². The van der Waals surface area contributed by atoms with Gasteiger partial charge in [-0.2, -0.15) is 0 Å². The molecule has 0 bridgehead atoms. The molecule has 18 heavy (non-hydrogen) atoms. The van der Waals surface area contributed by atoms with Gasteiger partial charge in [-0.1, -0.05) is 25.1 Å². The number of carbonyl (C=O) groups excluding carboxylic acids is 1. The van der Waals surface area contributed by atoms with E-state index >= 15 is 0 Å². The lowest BCUT2D eigenvalue weighted by atomic mass is 9.99. The topological polar surface area (TPSA) is 17.1 Å². The Bertz CT molecular complexity index is 567. The van der Waals surface area contributed by atoms with Crippen LogP contribution in [0.4, 0.5) is 4.39 Å². The molecule has 0 spiro atoms. The second-order valence-electron chi connectivity index (χ2n) is 4.40. The van der Waals surface area contributed by atoms with Gasteiger partial charge in [-0.15, -0.1) is 0 Å². The zero-order chi connectivity index (χ0) is 13.1. The summed E-state index contributed by atoms with van der Waals surface area (Å²) in [6.45, 7) is 3.82. The first kappa shape index (κ1) is 12.5. The van der Waals surface area contributed by atoms with Gasteiger partial charge in [-0.3, -0.25) is 4.79 Å². The van der Waals surface area contributed by atoms with Crippen LogP contribution in [0.25, 0.3) is 0 Å². The van der Waals surface area contributed by atoms with E-state index in [1.165, 1.54) is 12.1 Å². The van der Waals surface area contributed by atoms with Crippen molar-refractivity contribution in [2.24, 2.45) is 0 Å². The van der Waals surface area contributed by atoms with Crippen molar-refractivity contribution in [3.05, 3.63) is 70.5 Å². The Morgan fingerprint density at radius 2 is 1.89 bits per heavy atom. The van der Waals surface area contributed by atoms with Crippen molar-refractivity contribution in [1.82, 2.24) is 0 Å². The Labute approximate surface area is 106 Å². The van der Waals surface area contributed by atoms with Gasteiger partial charge >= 0.3 is 0 Å². The number of halogens is 1. The molecule has 0 radical (unpaired) electrons. The molecule has 92 valence electrons. The molecule has 2 heteroatoms. The summed E-state index contributed by atoms with van der Waals surface area (Å²) in [4.78, 5) is 12.3. The molecule has 1 nitrogen and oxygen atoms in total. The van der Waals surface area contributed by atoms with E-state index in [2.05, 4.69) is 0 Å². The maximum atomic E-state index is 13.3. The van der Waals surface area contributed by atoms with E-state index < -0.39 is 0 Å². The molecular weight excluding hydrogens is 227 g/mol. The summed E-state index contributed by atoms with van der Waals surface area (Å²) in [5.74, 6) is -0.502. The molecule has 0 saturated heterocycles. The van der Waals surface area contributed by atoms with Crippen molar-refractivity contribution in [2.75, 3.05) is 0 Å². The standard InChI is InChI=1S/C16H15FO/c1-3-12-5-4-6-13(9-12)16(18)14-7-11(2)8-15(17)10-14/h4-10H,3H2,1-2H3. The molecule has 0 aliphatic carbocycles. The van der Waals surface area contributed by atoms with Crippen molar-refractivity contribution >= 4 is 5.78 Å². The van der Waals surface area contributed by atoms with E-state index in [0.717, 1.165) is 17.5 Å². The van der Waals surface area contributed by atoms with Gasteiger partial charge in [0.1, 0.15) is 5.82 Å². The highest BCUT2D eigenvalue weighted by molar-refractivity contribution is 6.09. The van der Waals surface area contributed by atoms with Gasteiger partial charge in [0.15, 0.2) is 5.78 Å². The van der Waals surface area contributed by atoms with E-state index in [1.54, 1.807) is 19.1 Å². The molecule has 0 aliphatic rings. The molecule has 0 aromatic heterocycles. The molecule has 0 amide bonds. The summed E-state index contributed by atoms with van der Waals surface area (Å²) in [6.07, 6.45) is 0.878. The van der Waals surface area contributed by atoms with Crippen molar-refractivity contribution < 1.29 is 9.18 Å². The van der Waals surface area contributed by atoms with Gasteiger partial charge in [-0.25, -0.2) is 4.39 Å². The predicted octanol–water partition coefficient (Wildman–Crippen LogP) is 3.93. The Morgan fingerprint density at radius 3 is 2.56 bits per heavy atom. The Hall–Kier alpha value is -1.96. The lowest BCUT2D eigenvalue weighted by Gasteiger charge is -2.05. The molecule has 2 aromatic rings. The Morgan fingerprint density at radius 1 is 1.11 bits per heavy atom. The van der Waals surface area contributed by atoms with E-state index in [0.29, 0.717) is 11.1 Å². The first-order valence-corrected chi connectivity index (χ1v) is 6.01. The van der Waals surface area contributed by atoms with Gasteiger partial charge in [0, 0.05) is 11.1 Å². The fourth-order valence-electron chi connectivity index (χ4n) is 1.97. The van der Waals surface area contributed by atoms with Crippen LogP contribution in [0.15, 0.2) is 42.5 Å². The summed E-state index contributed by atoms with van der Waals surface area (Å²) in [5.41, 5.74) is 2.87. The third-order valence-electron chi connectivity index (χ3n) is 2.90. The second-order valence-corrected chi connectivity index (χ2v) is 4.40. The smallest absolute Gasteiger partial charge is 0.193 e. The highest BCUT2D eigenvalue weighted by Crippen LogP contribution is 2.15. The first-order chi connectivity index (χ1) is 8.60. The minimum Gasteiger partial charge on any atom is -0.289 e. The zero-order valence-corrected chi connectivity index (χ0v) is 10.5. The van der Waals surface area contributed by atoms with Gasteiger partial charge in [0.25, 0.3) is 0 Å². The van der Waals surface area contributed by atoms with E-state index in [9.17, 15) is 9.18 Å². The highest BCUT2D eigenvalue weighted by Gasteiger charge is 2.10. The molecule has 2 rings (SSSR count). The van der Waals surface area contributed by atoms with Gasteiger partial charge < -0.3 is 0 Å². The normalized spacial score (nSPS) is 10.4. The Balaban J connectivity index is 2.41. The zero-order valence-electron chi connectivity index (χ0n) is 10.5. The van der Waals surface area contributed by atoms with Crippen LogP contribution < -0.4 is 0 Å². The third kappa shape index (κ3) is 2.65. The third-order valence-corrected chi connectivity index (χ3v) is 2.90. The Kier molecular flexibility index (Phi) is 3.56. The number of hydrogen-bond acceptors (Lipinski definition) is 1. The predicted molar refractivity (Wildman–Crippen MR) is 70.4 cm³/mol. The second kappa shape index (κ2) is 5.13. The maximum Gasteiger partial charge on any atom is 0.193 e. The van der Waals surface area contributed by atoms with E-state index in [1.807, 2.05) is 25.1 Å². The fourth-order valence-corrected chi connectivity index (χ4v) is 1.97. The van der Waals surface area contributed by atoms with Crippen LogP contribution in [-0.4, -0.2) is 5.78 Å². The monoisotopic (exact) mass is 242 g/mol. The number of aryl methyl sites for hydroxylation is 2. The molecular formula is C16H15FO.